The summed E-state index contributed by atoms with van der Waals surface area (Å²) < 4.78 is 12.0. The Morgan fingerprint density at radius 2 is 1.94 bits per heavy atom. The van der Waals surface area contributed by atoms with E-state index in [0.717, 1.165) is 28.2 Å². The molecule has 0 aliphatic heterocycles. The van der Waals surface area contributed by atoms with Gasteiger partial charge in [-0.3, -0.25) is 9.59 Å². The quantitative estimate of drug-likeness (QED) is 0.542. The zero-order valence-electron chi connectivity index (χ0n) is 17.5. The molecule has 0 spiro atoms. The van der Waals surface area contributed by atoms with Crippen LogP contribution in [-0.2, 0) is 11.5 Å². The number of aryl methyl sites for hydroxylation is 2. The number of primary amides is 1. The van der Waals surface area contributed by atoms with Crippen molar-refractivity contribution in [3.8, 4) is 5.75 Å². The first-order chi connectivity index (χ1) is 14.7. The van der Waals surface area contributed by atoms with Gasteiger partial charge in [0.1, 0.15) is 10.8 Å². The molecule has 0 unspecified atom stereocenters. The molecule has 0 aliphatic rings. The van der Waals surface area contributed by atoms with Gasteiger partial charge < -0.3 is 20.5 Å². The summed E-state index contributed by atoms with van der Waals surface area (Å²) in [5.74, 6) is -1.19. The molecule has 10 heteroatoms. The molecule has 162 valence electrons. The predicted molar refractivity (Wildman–Crippen MR) is 116 cm³/mol. The highest BCUT2D eigenvalue weighted by Crippen LogP contribution is 2.33. The zero-order valence-corrected chi connectivity index (χ0v) is 18.3. The van der Waals surface area contributed by atoms with E-state index in [9.17, 15) is 14.4 Å². The Labute approximate surface area is 182 Å². The number of rotatable bonds is 7. The molecule has 9 nitrogen and oxygen atoms in total. The van der Waals surface area contributed by atoms with Crippen LogP contribution in [-0.4, -0.2) is 34.7 Å². The highest BCUT2D eigenvalue weighted by atomic mass is 32.1. The van der Waals surface area contributed by atoms with E-state index < -0.39 is 17.8 Å². The Balaban J connectivity index is 1.76. The molecule has 0 saturated carbocycles. The summed E-state index contributed by atoms with van der Waals surface area (Å²) in [5.41, 5.74) is 7.99. The Kier molecular flexibility index (Phi) is 6.40. The monoisotopic (exact) mass is 442 g/mol. The molecule has 31 heavy (non-hydrogen) atoms. The van der Waals surface area contributed by atoms with Gasteiger partial charge in [0.25, 0.3) is 11.8 Å². The number of aromatic nitrogens is 2. The predicted octanol–water partition coefficient (Wildman–Crippen LogP) is 3.04. The van der Waals surface area contributed by atoms with Crippen molar-refractivity contribution in [2.24, 2.45) is 5.73 Å². The number of thiophene rings is 1. The summed E-state index contributed by atoms with van der Waals surface area (Å²) in [6.45, 7) is 5.60. The van der Waals surface area contributed by atoms with E-state index in [2.05, 4.69) is 10.4 Å². The van der Waals surface area contributed by atoms with Gasteiger partial charge in [0, 0.05) is 6.20 Å². The van der Waals surface area contributed by atoms with Gasteiger partial charge in [0.05, 0.1) is 17.6 Å². The lowest BCUT2D eigenvalue weighted by Crippen LogP contribution is -2.16. The van der Waals surface area contributed by atoms with Crippen LogP contribution in [0.15, 0.2) is 30.5 Å². The summed E-state index contributed by atoms with van der Waals surface area (Å²) in [6, 6.07) is 7.41. The van der Waals surface area contributed by atoms with Gasteiger partial charge in [-0.15, -0.1) is 11.3 Å². The first-order valence-electron chi connectivity index (χ1n) is 9.27. The Bertz CT molecular complexity index is 1160. The number of nitrogens with two attached hydrogens (primary N) is 1. The fraction of sp³-hybridized carbons (Fsp3) is 0.238. The molecule has 0 radical (unpaired) electrons. The van der Waals surface area contributed by atoms with Crippen LogP contribution in [0.4, 0.5) is 5.00 Å². The molecular weight excluding hydrogens is 420 g/mol. The number of benzene rings is 1. The SMILES string of the molecule is COC(=O)c1c(NC(=O)c2ccn(COc3cc(C)ccc3C)n2)sc(C(N)=O)c1C. The normalized spacial score (nSPS) is 10.6. The summed E-state index contributed by atoms with van der Waals surface area (Å²) >= 11 is 0.912. The third kappa shape index (κ3) is 4.75. The number of amides is 2. The van der Waals surface area contributed by atoms with Crippen LogP contribution in [0.3, 0.4) is 0 Å². The lowest BCUT2D eigenvalue weighted by molar-refractivity contribution is 0.0601. The molecule has 0 aliphatic carbocycles. The molecule has 1 aromatic carbocycles. The number of methoxy groups -OCH3 is 1. The number of esters is 1. The second-order valence-corrected chi connectivity index (χ2v) is 7.87. The molecule has 0 bridgehead atoms. The standard InChI is InChI=1S/C21H22N4O5S/c1-11-5-6-12(2)15(9-11)30-10-25-8-7-14(24-25)19(27)23-20-16(21(28)29-4)13(3)17(31-20)18(22)26/h5-9H,10H2,1-4H3,(H2,22,26)(H,23,27). The fourth-order valence-electron chi connectivity index (χ4n) is 2.90. The average Bonchev–Trinajstić information content (AvgIpc) is 3.33. The Morgan fingerprint density at radius 1 is 1.19 bits per heavy atom. The van der Waals surface area contributed by atoms with Gasteiger partial charge in [-0.1, -0.05) is 12.1 Å². The minimum Gasteiger partial charge on any atom is -0.471 e. The second-order valence-electron chi connectivity index (χ2n) is 6.85. The van der Waals surface area contributed by atoms with Gasteiger partial charge in [-0.25, -0.2) is 9.48 Å². The molecule has 0 saturated heterocycles. The van der Waals surface area contributed by atoms with Crippen LogP contribution < -0.4 is 15.8 Å². The van der Waals surface area contributed by atoms with E-state index in [1.165, 1.54) is 17.9 Å². The Morgan fingerprint density at radius 3 is 2.61 bits per heavy atom. The van der Waals surface area contributed by atoms with Crippen molar-refractivity contribution in [3.63, 3.8) is 0 Å². The number of carbonyl (C=O) groups is 3. The lowest BCUT2D eigenvalue weighted by atomic mass is 10.1. The van der Waals surface area contributed by atoms with E-state index in [0.29, 0.717) is 5.56 Å². The van der Waals surface area contributed by atoms with Crippen molar-refractivity contribution in [2.75, 3.05) is 12.4 Å². The number of nitrogens with one attached hydrogen (secondary N) is 1. The van der Waals surface area contributed by atoms with Crippen molar-refractivity contribution < 1.29 is 23.9 Å². The summed E-state index contributed by atoms with van der Waals surface area (Å²) in [6.07, 6.45) is 1.61. The molecule has 0 atom stereocenters. The van der Waals surface area contributed by atoms with Crippen molar-refractivity contribution in [3.05, 3.63) is 63.3 Å². The number of carbonyl (C=O) groups excluding carboxylic acids is 3. The maximum Gasteiger partial charge on any atom is 0.341 e. The number of hydrogen-bond acceptors (Lipinski definition) is 7. The van der Waals surface area contributed by atoms with Crippen LogP contribution in [0, 0.1) is 20.8 Å². The molecule has 0 fully saturated rings. The third-order valence-corrected chi connectivity index (χ3v) is 5.78. The van der Waals surface area contributed by atoms with E-state index in [1.54, 1.807) is 13.1 Å². The lowest BCUT2D eigenvalue weighted by Gasteiger charge is -2.09. The van der Waals surface area contributed by atoms with E-state index in [-0.39, 0.29) is 27.9 Å². The van der Waals surface area contributed by atoms with Gasteiger partial charge in [-0.2, -0.15) is 5.10 Å². The topological polar surface area (TPSA) is 126 Å². The van der Waals surface area contributed by atoms with Crippen molar-refractivity contribution in [1.82, 2.24) is 9.78 Å². The minimum atomic E-state index is -0.693. The Hall–Kier alpha value is -3.66. The molecule has 2 amide bonds. The smallest absolute Gasteiger partial charge is 0.341 e. The van der Waals surface area contributed by atoms with Gasteiger partial charge >= 0.3 is 5.97 Å². The highest BCUT2D eigenvalue weighted by Gasteiger charge is 2.26. The molecule has 3 N–H and O–H groups in total. The first kappa shape index (κ1) is 22.0. The van der Waals surface area contributed by atoms with Crippen LogP contribution >= 0.6 is 11.3 Å². The first-order valence-corrected chi connectivity index (χ1v) is 10.1. The van der Waals surface area contributed by atoms with Crippen LogP contribution in [0.2, 0.25) is 0 Å². The number of hydrogen-bond donors (Lipinski definition) is 2. The van der Waals surface area contributed by atoms with Crippen LogP contribution in [0.1, 0.15) is 47.2 Å². The number of anilines is 1. The summed E-state index contributed by atoms with van der Waals surface area (Å²) in [4.78, 5) is 36.6. The van der Waals surface area contributed by atoms with Crippen molar-refractivity contribution >= 4 is 34.1 Å². The van der Waals surface area contributed by atoms with E-state index in [1.807, 2.05) is 32.0 Å². The number of nitrogens with zero attached hydrogens (tertiary/aromatic N) is 2. The van der Waals surface area contributed by atoms with Crippen LogP contribution in [0.5, 0.6) is 5.75 Å². The van der Waals surface area contributed by atoms with Crippen molar-refractivity contribution in [1.29, 1.82) is 0 Å². The maximum absolute atomic E-state index is 12.7. The fourth-order valence-corrected chi connectivity index (χ4v) is 3.95. The average molecular weight is 442 g/mol. The van der Waals surface area contributed by atoms with Gasteiger partial charge in [-0.05, 0) is 49.6 Å². The minimum absolute atomic E-state index is 0.0901. The molecular formula is C21H22N4O5S. The third-order valence-electron chi connectivity index (χ3n) is 4.56. The second kappa shape index (κ2) is 9.00. The van der Waals surface area contributed by atoms with Gasteiger partial charge in [0.2, 0.25) is 0 Å². The van der Waals surface area contributed by atoms with E-state index in [4.69, 9.17) is 15.2 Å². The van der Waals surface area contributed by atoms with E-state index >= 15 is 0 Å². The highest BCUT2D eigenvalue weighted by molar-refractivity contribution is 7.18. The molecule has 2 aromatic heterocycles. The summed E-state index contributed by atoms with van der Waals surface area (Å²) in [7, 11) is 1.21. The molecule has 2 heterocycles. The van der Waals surface area contributed by atoms with Crippen molar-refractivity contribution in [2.45, 2.75) is 27.5 Å². The summed E-state index contributed by atoms with van der Waals surface area (Å²) in [5, 5.41) is 7.00. The van der Waals surface area contributed by atoms with Gasteiger partial charge in [0.15, 0.2) is 12.4 Å². The maximum atomic E-state index is 12.7. The largest absolute Gasteiger partial charge is 0.471 e. The molecule has 3 rings (SSSR count). The van der Waals surface area contributed by atoms with Crippen LogP contribution in [0.25, 0.3) is 0 Å². The zero-order chi connectivity index (χ0) is 22.7. The number of ether oxygens (including phenoxy) is 2. The molecule has 3 aromatic rings.